The standard InChI is InChI=1S/C51H98O6/c1-5-8-10-12-14-15-16-17-18-19-20-21-22-23-27-31-34-38-42-49(52)55-45-48(57-51(54)44-40-36-29-13-11-9-6-2)46-56-50(53)43-39-35-32-28-25-24-26-30-33-37-41-47(4)7-3/h47-48H,5-46H2,1-4H3/t47?,48-/m0/s1. The van der Waals surface area contributed by atoms with Crippen LogP contribution in [0.4, 0.5) is 0 Å². The Hall–Kier alpha value is -1.59. The molecule has 0 aliphatic rings. The molecule has 0 aromatic heterocycles. The number of unbranched alkanes of at least 4 members (excludes halogenated alkanes) is 32. The van der Waals surface area contributed by atoms with E-state index in [1.807, 2.05) is 0 Å². The second-order valence-electron chi connectivity index (χ2n) is 17.7. The van der Waals surface area contributed by atoms with Crippen LogP contribution in [-0.4, -0.2) is 37.2 Å². The summed E-state index contributed by atoms with van der Waals surface area (Å²) >= 11 is 0. The molecule has 0 aliphatic carbocycles. The average Bonchev–Trinajstić information content (AvgIpc) is 3.21. The molecule has 0 heterocycles. The Bertz CT molecular complexity index is 859. The highest BCUT2D eigenvalue weighted by Crippen LogP contribution is 2.17. The van der Waals surface area contributed by atoms with Crippen molar-refractivity contribution in [3.8, 4) is 0 Å². The number of carbonyl (C=O) groups excluding carboxylic acids is 3. The number of ether oxygens (including phenoxy) is 3. The van der Waals surface area contributed by atoms with Crippen molar-refractivity contribution in [3.63, 3.8) is 0 Å². The zero-order chi connectivity index (χ0) is 41.7. The molecule has 57 heavy (non-hydrogen) atoms. The van der Waals surface area contributed by atoms with Crippen LogP contribution < -0.4 is 0 Å². The van der Waals surface area contributed by atoms with Gasteiger partial charge in [-0.05, 0) is 25.2 Å². The van der Waals surface area contributed by atoms with Gasteiger partial charge in [0.1, 0.15) is 13.2 Å². The van der Waals surface area contributed by atoms with E-state index < -0.39 is 6.10 Å². The molecule has 338 valence electrons. The van der Waals surface area contributed by atoms with E-state index in [0.717, 1.165) is 63.7 Å². The van der Waals surface area contributed by atoms with Gasteiger partial charge in [-0.2, -0.15) is 0 Å². The lowest BCUT2D eigenvalue weighted by atomic mass is 9.99. The number of rotatable bonds is 46. The first-order valence-electron chi connectivity index (χ1n) is 25.4. The maximum atomic E-state index is 12.6. The second-order valence-corrected chi connectivity index (χ2v) is 17.7. The number of hydrogen-bond donors (Lipinski definition) is 0. The van der Waals surface area contributed by atoms with Gasteiger partial charge in [-0.25, -0.2) is 0 Å². The Morgan fingerprint density at radius 3 is 0.912 bits per heavy atom. The third-order valence-corrected chi connectivity index (χ3v) is 11.9. The third kappa shape index (κ3) is 43.8. The van der Waals surface area contributed by atoms with Gasteiger partial charge in [0, 0.05) is 19.3 Å². The summed E-state index contributed by atoms with van der Waals surface area (Å²) in [5.41, 5.74) is 0. The molecular formula is C51H98O6. The minimum absolute atomic E-state index is 0.0637. The molecule has 0 spiro atoms. The first kappa shape index (κ1) is 55.4. The first-order chi connectivity index (χ1) is 27.9. The van der Waals surface area contributed by atoms with Crippen molar-refractivity contribution in [3.05, 3.63) is 0 Å². The topological polar surface area (TPSA) is 78.9 Å². The molecule has 0 amide bonds. The van der Waals surface area contributed by atoms with Gasteiger partial charge in [0.05, 0.1) is 0 Å². The monoisotopic (exact) mass is 807 g/mol. The fourth-order valence-corrected chi connectivity index (χ4v) is 7.66. The summed E-state index contributed by atoms with van der Waals surface area (Å²) < 4.78 is 16.7. The van der Waals surface area contributed by atoms with Crippen molar-refractivity contribution in [1.29, 1.82) is 0 Å². The van der Waals surface area contributed by atoms with E-state index in [4.69, 9.17) is 14.2 Å². The van der Waals surface area contributed by atoms with Crippen LogP contribution in [0.1, 0.15) is 285 Å². The van der Waals surface area contributed by atoms with Crippen molar-refractivity contribution in [1.82, 2.24) is 0 Å². The zero-order valence-corrected chi connectivity index (χ0v) is 38.8. The van der Waals surface area contributed by atoms with E-state index in [0.29, 0.717) is 19.3 Å². The molecule has 0 aromatic rings. The fraction of sp³-hybridized carbons (Fsp3) is 0.941. The van der Waals surface area contributed by atoms with Gasteiger partial charge in [-0.3, -0.25) is 14.4 Å². The third-order valence-electron chi connectivity index (χ3n) is 11.9. The normalized spacial score (nSPS) is 12.4. The maximum Gasteiger partial charge on any atom is 0.306 e. The highest BCUT2D eigenvalue weighted by Gasteiger charge is 2.19. The summed E-state index contributed by atoms with van der Waals surface area (Å²) in [7, 11) is 0. The van der Waals surface area contributed by atoms with Crippen LogP contribution in [0.25, 0.3) is 0 Å². The molecule has 6 nitrogen and oxygen atoms in total. The molecule has 6 heteroatoms. The van der Waals surface area contributed by atoms with Crippen molar-refractivity contribution in [2.75, 3.05) is 13.2 Å². The van der Waals surface area contributed by atoms with E-state index in [1.54, 1.807) is 0 Å². The lowest BCUT2D eigenvalue weighted by Gasteiger charge is -2.18. The highest BCUT2D eigenvalue weighted by atomic mass is 16.6. The van der Waals surface area contributed by atoms with Crippen LogP contribution in [0.5, 0.6) is 0 Å². The SMILES string of the molecule is CCCCCCCCCCCCCCCCCCCCC(=O)OC[C@@H](COC(=O)CCCCCCCCCCCCC(C)CC)OC(=O)CCCCCCCCC. The van der Waals surface area contributed by atoms with Gasteiger partial charge < -0.3 is 14.2 Å². The van der Waals surface area contributed by atoms with Crippen LogP contribution in [0.15, 0.2) is 0 Å². The van der Waals surface area contributed by atoms with Gasteiger partial charge in [0.15, 0.2) is 6.10 Å². The van der Waals surface area contributed by atoms with Gasteiger partial charge in [-0.1, -0.05) is 246 Å². The molecule has 0 aliphatic heterocycles. The lowest BCUT2D eigenvalue weighted by Crippen LogP contribution is -2.30. The van der Waals surface area contributed by atoms with Gasteiger partial charge in [0.2, 0.25) is 0 Å². The van der Waals surface area contributed by atoms with Crippen molar-refractivity contribution in [2.45, 2.75) is 291 Å². The first-order valence-corrected chi connectivity index (χ1v) is 25.4. The molecule has 0 bridgehead atoms. The summed E-state index contributed by atoms with van der Waals surface area (Å²) in [5, 5.41) is 0. The van der Waals surface area contributed by atoms with E-state index in [9.17, 15) is 14.4 Å². The van der Waals surface area contributed by atoms with Crippen LogP contribution >= 0.6 is 0 Å². The number of carbonyl (C=O) groups is 3. The number of hydrogen-bond acceptors (Lipinski definition) is 6. The van der Waals surface area contributed by atoms with Gasteiger partial charge in [0.25, 0.3) is 0 Å². The predicted octanol–water partition coefficient (Wildman–Crippen LogP) is 16.3. The Balaban J connectivity index is 4.16. The van der Waals surface area contributed by atoms with Gasteiger partial charge >= 0.3 is 17.9 Å². The summed E-state index contributed by atoms with van der Waals surface area (Å²) in [4.78, 5) is 37.7. The molecule has 0 fully saturated rings. The molecule has 0 radical (unpaired) electrons. The predicted molar refractivity (Wildman–Crippen MR) is 243 cm³/mol. The fourth-order valence-electron chi connectivity index (χ4n) is 7.66. The van der Waals surface area contributed by atoms with Crippen LogP contribution in [-0.2, 0) is 28.6 Å². The smallest absolute Gasteiger partial charge is 0.306 e. The van der Waals surface area contributed by atoms with Crippen LogP contribution in [0.3, 0.4) is 0 Å². The molecule has 0 N–H and O–H groups in total. The zero-order valence-electron chi connectivity index (χ0n) is 38.8. The Labute approximate surface area is 355 Å². The lowest BCUT2D eigenvalue weighted by molar-refractivity contribution is -0.167. The summed E-state index contributed by atoms with van der Waals surface area (Å²) in [6.07, 6.45) is 46.7. The molecule has 0 rings (SSSR count). The average molecular weight is 807 g/mol. The highest BCUT2D eigenvalue weighted by molar-refractivity contribution is 5.71. The summed E-state index contributed by atoms with van der Waals surface area (Å²) in [6.45, 7) is 9.01. The quantitative estimate of drug-likeness (QED) is 0.0346. The van der Waals surface area contributed by atoms with E-state index in [2.05, 4.69) is 27.7 Å². The molecule has 2 atom stereocenters. The Morgan fingerprint density at radius 2 is 0.614 bits per heavy atom. The van der Waals surface area contributed by atoms with Crippen LogP contribution in [0.2, 0.25) is 0 Å². The van der Waals surface area contributed by atoms with E-state index >= 15 is 0 Å². The maximum absolute atomic E-state index is 12.6. The van der Waals surface area contributed by atoms with Crippen molar-refractivity contribution < 1.29 is 28.6 Å². The van der Waals surface area contributed by atoms with Gasteiger partial charge in [-0.15, -0.1) is 0 Å². The minimum Gasteiger partial charge on any atom is -0.462 e. The second kappa shape index (κ2) is 45.5. The molecule has 0 saturated heterocycles. The Morgan fingerprint density at radius 1 is 0.351 bits per heavy atom. The largest absolute Gasteiger partial charge is 0.462 e. The molecule has 0 aromatic carbocycles. The molecule has 1 unspecified atom stereocenters. The van der Waals surface area contributed by atoms with E-state index in [-0.39, 0.29) is 31.1 Å². The van der Waals surface area contributed by atoms with Crippen LogP contribution in [0, 0.1) is 5.92 Å². The minimum atomic E-state index is -0.759. The summed E-state index contributed by atoms with van der Waals surface area (Å²) in [5.74, 6) is 0.0157. The number of esters is 3. The molecule has 0 saturated carbocycles. The summed E-state index contributed by atoms with van der Waals surface area (Å²) in [6, 6.07) is 0. The molecular weight excluding hydrogens is 709 g/mol. The van der Waals surface area contributed by atoms with Crippen molar-refractivity contribution >= 4 is 17.9 Å². The Kier molecular flexibility index (Phi) is 44.2. The van der Waals surface area contributed by atoms with E-state index in [1.165, 1.54) is 180 Å². The van der Waals surface area contributed by atoms with Crippen molar-refractivity contribution in [2.24, 2.45) is 5.92 Å².